The van der Waals surface area contributed by atoms with Crippen molar-refractivity contribution in [3.8, 4) is 0 Å². The van der Waals surface area contributed by atoms with Gasteiger partial charge in [-0.3, -0.25) is 4.79 Å². The Hall–Kier alpha value is -0.870. The van der Waals surface area contributed by atoms with Crippen LogP contribution >= 0.6 is 15.9 Å². The number of hydrogen-bond acceptors (Lipinski definition) is 2. The highest BCUT2D eigenvalue weighted by Gasteiger charge is 2.35. The van der Waals surface area contributed by atoms with Crippen molar-refractivity contribution in [3.63, 3.8) is 0 Å². The summed E-state index contributed by atoms with van der Waals surface area (Å²) in [4.78, 5) is 12.2. The third-order valence-corrected chi connectivity index (χ3v) is 3.93. The topological polar surface area (TPSA) is 41.1 Å². The van der Waals surface area contributed by atoms with Gasteiger partial charge in [-0.05, 0) is 66.9 Å². The molecule has 0 radical (unpaired) electrons. The number of benzene rings is 1. The van der Waals surface area contributed by atoms with Crippen LogP contribution in [0.3, 0.4) is 0 Å². The van der Waals surface area contributed by atoms with Gasteiger partial charge in [0.2, 0.25) is 5.91 Å². The van der Waals surface area contributed by atoms with Crippen molar-refractivity contribution in [2.24, 2.45) is 0 Å². The molecule has 1 atom stereocenters. The number of nitrogens with one attached hydrogen (secondary N) is 2. The van der Waals surface area contributed by atoms with Gasteiger partial charge in [0.1, 0.15) is 0 Å². The highest BCUT2D eigenvalue weighted by atomic mass is 79.9. The monoisotopic (exact) mass is 296 g/mol. The normalized spacial score (nSPS) is 23.7. The average molecular weight is 297 g/mol. The fourth-order valence-electron chi connectivity index (χ4n) is 2.08. The Morgan fingerprint density at radius 3 is 2.94 bits per heavy atom. The molecule has 0 saturated carbocycles. The van der Waals surface area contributed by atoms with E-state index >= 15 is 0 Å². The zero-order chi connectivity index (χ0) is 12.5. The lowest BCUT2D eigenvalue weighted by Gasteiger charge is -2.23. The van der Waals surface area contributed by atoms with E-state index in [1.165, 1.54) is 0 Å². The summed E-state index contributed by atoms with van der Waals surface area (Å²) in [5, 5.41) is 6.24. The molecule has 1 aliphatic rings. The van der Waals surface area contributed by atoms with Crippen LogP contribution in [0.5, 0.6) is 0 Å². The second-order valence-corrected chi connectivity index (χ2v) is 5.65. The Kier molecular flexibility index (Phi) is 3.54. The van der Waals surface area contributed by atoms with E-state index in [0.29, 0.717) is 0 Å². The maximum absolute atomic E-state index is 12.2. The summed E-state index contributed by atoms with van der Waals surface area (Å²) in [5.74, 6) is 0.0429. The summed E-state index contributed by atoms with van der Waals surface area (Å²) in [6.07, 6.45) is 1.95. The van der Waals surface area contributed by atoms with Gasteiger partial charge in [0.25, 0.3) is 0 Å². The fraction of sp³-hybridized carbons (Fsp3) is 0.462. The van der Waals surface area contributed by atoms with Crippen LogP contribution in [-0.2, 0) is 4.79 Å². The Morgan fingerprint density at radius 1 is 1.53 bits per heavy atom. The standard InChI is InChI=1S/C13H17BrN2O/c1-9-4-5-10(14)11(8-9)16-12(17)13(2)6-3-7-15-13/h4-5,8,15H,3,6-7H2,1-2H3,(H,16,17). The lowest BCUT2D eigenvalue weighted by Crippen LogP contribution is -2.48. The predicted molar refractivity (Wildman–Crippen MR) is 73.2 cm³/mol. The SMILES string of the molecule is Cc1ccc(Br)c(NC(=O)C2(C)CCCN2)c1. The average Bonchev–Trinajstić information content (AvgIpc) is 2.72. The van der Waals surface area contributed by atoms with Crippen molar-refractivity contribution < 1.29 is 4.79 Å². The summed E-state index contributed by atoms with van der Waals surface area (Å²) in [5.41, 5.74) is 1.54. The predicted octanol–water partition coefficient (Wildman–Crippen LogP) is 2.84. The van der Waals surface area contributed by atoms with Crippen LogP contribution in [0.1, 0.15) is 25.3 Å². The van der Waals surface area contributed by atoms with Gasteiger partial charge in [-0.15, -0.1) is 0 Å². The third-order valence-electron chi connectivity index (χ3n) is 3.24. The van der Waals surface area contributed by atoms with E-state index in [9.17, 15) is 4.79 Å². The number of rotatable bonds is 2. The minimum absolute atomic E-state index is 0.0429. The summed E-state index contributed by atoms with van der Waals surface area (Å²) < 4.78 is 0.915. The molecule has 1 aromatic carbocycles. The minimum atomic E-state index is -0.427. The van der Waals surface area contributed by atoms with Gasteiger partial charge in [-0.25, -0.2) is 0 Å². The molecule has 1 amide bonds. The summed E-state index contributed by atoms with van der Waals surface area (Å²) in [7, 11) is 0. The van der Waals surface area contributed by atoms with Gasteiger partial charge in [-0.2, -0.15) is 0 Å². The van der Waals surface area contributed by atoms with Gasteiger partial charge < -0.3 is 10.6 Å². The number of carbonyl (C=O) groups excluding carboxylic acids is 1. The lowest BCUT2D eigenvalue weighted by molar-refractivity contribution is -0.121. The zero-order valence-electron chi connectivity index (χ0n) is 10.1. The van der Waals surface area contributed by atoms with Gasteiger partial charge in [-0.1, -0.05) is 6.07 Å². The Labute approximate surface area is 110 Å². The van der Waals surface area contributed by atoms with E-state index in [4.69, 9.17) is 0 Å². The fourth-order valence-corrected chi connectivity index (χ4v) is 2.43. The second-order valence-electron chi connectivity index (χ2n) is 4.80. The number of amides is 1. The molecule has 2 rings (SSSR count). The van der Waals surface area contributed by atoms with E-state index < -0.39 is 5.54 Å². The number of aryl methyl sites for hydroxylation is 1. The van der Waals surface area contributed by atoms with Crippen molar-refractivity contribution in [2.45, 2.75) is 32.2 Å². The van der Waals surface area contributed by atoms with Crippen LogP contribution in [0.4, 0.5) is 5.69 Å². The van der Waals surface area contributed by atoms with Crippen LogP contribution in [0, 0.1) is 6.92 Å². The van der Waals surface area contributed by atoms with Crippen LogP contribution in [-0.4, -0.2) is 18.0 Å². The second kappa shape index (κ2) is 4.78. The number of carbonyl (C=O) groups is 1. The Balaban J connectivity index is 2.15. The molecule has 1 aliphatic heterocycles. The van der Waals surface area contributed by atoms with Crippen molar-refractivity contribution in [3.05, 3.63) is 28.2 Å². The molecular weight excluding hydrogens is 280 g/mol. The smallest absolute Gasteiger partial charge is 0.244 e. The van der Waals surface area contributed by atoms with Crippen molar-refractivity contribution in [1.29, 1.82) is 0 Å². The lowest BCUT2D eigenvalue weighted by atomic mass is 9.99. The molecule has 1 unspecified atom stereocenters. The summed E-state index contributed by atoms with van der Waals surface area (Å²) >= 11 is 3.45. The molecule has 0 aliphatic carbocycles. The van der Waals surface area contributed by atoms with Gasteiger partial charge in [0.05, 0.1) is 11.2 Å². The molecule has 92 valence electrons. The van der Waals surface area contributed by atoms with Crippen LogP contribution in [0.2, 0.25) is 0 Å². The van der Waals surface area contributed by atoms with Crippen molar-refractivity contribution in [1.82, 2.24) is 5.32 Å². The van der Waals surface area contributed by atoms with Gasteiger partial charge >= 0.3 is 0 Å². The summed E-state index contributed by atoms with van der Waals surface area (Å²) in [6, 6.07) is 5.94. The quantitative estimate of drug-likeness (QED) is 0.881. The molecule has 1 aromatic rings. The van der Waals surface area contributed by atoms with Gasteiger partial charge in [0.15, 0.2) is 0 Å². The molecule has 1 saturated heterocycles. The first-order chi connectivity index (χ1) is 8.01. The number of anilines is 1. The summed E-state index contributed by atoms with van der Waals surface area (Å²) in [6.45, 7) is 4.88. The number of halogens is 1. The molecule has 3 nitrogen and oxygen atoms in total. The van der Waals surface area contributed by atoms with E-state index in [-0.39, 0.29) is 5.91 Å². The number of hydrogen-bond donors (Lipinski definition) is 2. The van der Waals surface area contributed by atoms with Crippen LogP contribution in [0.25, 0.3) is 0 Å². The van der Waals surface area contributed by atoms with E-state index in [0.717, 1.165) is 35.1 Å². The molecule has 4 heteroatoms. The highest BCUT2D eigenvalue weighted by molar-refractivity contribution is 9.10. The molecule has 0 aromatic heterocycles. The first-order valence-corrected chi connectivity index (χ1v) is 6.63. The van der Waals surface area contributed by atoms with Gasteiger partial charge in [0, 0.05) is 4.47 Å². The van der Waals surface area contributed by atoms with Crippen molar-refractivity contribution in [2.75, 3.05) is 11.9 Å². The third kappa shape index (κ3) is 2.69. The van der Waals surface area contributed by atoms with E-state index in [1.54, 1.807) is 0 Å². The molecular formula is C13H17BrN2O. The largest absolute Gasteiger partial charge is 0.323 e. The molecule has 0 spiro atoms. The molecule has 1 heterocycles. The van der Waals surface area contributed by atoms with E-state index in [2.05, 4.69) is 26.6 Å². The first kappa shape index (κ1) is 12.6. The maximum Gasteiger partial charge on any atom is 0.244 e. The Morgan fingerprint density at radius 2 is 2.29 bits per heavy atom. The Bertz CT molecular complexity index is 439. The molecule has 1 fully saturated rings. The van der Waals surface area contributed by atoms with E-state index in [1.807, 2.05) is 32.0 Å². The molecule has 0 bridgehead atoms. The first-order valence-electron chi connectivity index (χ1n) is 5.84. The minimum Gasteiger partial charge on any atom is -0.323 e. The van der Waals surface area contributed by atoms with Crippen LogP contribution < -0.4 is 10.6 Å². The zero-order valence-corrected chi connectivity index (χ0v) is 11.7. The maximum atomic E-state index is 12.2. The van der Waals surface area contributed by atoms with Crippen molar-refractivity contribution >= 4 is 27.5 Å². The highest BCUT2D eigenvalue weighted by Crippen LogP contribution is 2.26. The molecule has 2 N–H and O–H groups in total. The molecule has 17 heavy (non-hydrogen) atoms. The van der Waals surface area contributed by atoms with Crippen LogP contribution in [0.15, 0.2) is 22.7 Å².